The van der Waals surface area contributed by atoms with E-state index in [0.29, 0.717) is 26.2 Å². The molecule has 5 heteroatoms. The summed E-state index contributed by atoms with van der Waals surface area (Å²) >= 11 is 0. The van der Waals surface area contributed by atoms with Gasteiger partial charge in [0.15, 0.2) is 0 Å². The molecule has 1 saturated heterocycles. The van der Waals surface area contributed by atoms with E-state index in [2.05, 4.69) is 17.1 Å². The predicted octanol–water partition coefficient (Wildman–Crippen LogP) is 3.65. The maximum atomic E-state index is 12.8. The van der Waals surface area contributed by atoms with Gasteiger partial charge in [0.2, 0.25) is 5.91 Å². The zero-order valence-corrected chi connectivity index (χ0v) is 17.9. The number of para-hydroxylation sites is 1. The Labute approximate surface area is 173 Å². The average molecular weight is 394 g/mol. The third-order valence-electron chi connectivity index (χ3n) is 5.87. The molecule has 0 aliphatic carbocycles. The van der Waals surface area contributed by atoms with Gasteiger partial charge in [0.05, 0.1) is 6.04 Å². The first kappa shape index (κ1) is 21.1. The van der Waals surface area contributed by atoms with Gasteiger partial charge in [0, 0.05) is 37.4 Å². The highest BCUT2D eigenvalue weighted by Gasteiger charge is 2.28. The van der Waals surface area contributed by atoms with E-state index < -0.39 is 0 Å². The van der Waals surface area contributed by atoms with Gasteiger partial charge < -0.3 is 10.2 Å². The van der Waals surface area contributed by atoms with E-state index in [1.165, 1.54) is 5.56 Å². The maximum Gasteiger partial charge on any atom is 0.253 e. The number of rotatable bonds is 5. The Hall–Kier alpha value is -2.66. The zero-order chi connectivity index (χ0) is 21.0. The van der Waals surface area contributed by atoms with Crippen LogP contribution in [0.15, 0.2) is 42.5 Å². The van der Waals surface area contributed by atoms with Crippen LogP contribution >= 0.6 is 0 Å². The number of piperazine rings is 1. The number of nitrogens with one attached hydrogen (secondary N) is 1. The van der Waals surface area contributed by atoms with E-state index in [1.54, 1.807) is 0 Å². The molecular weight excluding hydrogens is 362 g/mol. The van der Waals surface area contributed by atoms with Crippen LogP contribution in [0, 0.1) is 13.8 Å². The van der Waals surface area contributed by atoms with Crippen molar-refractivity contribution in [2.45, 2.75) is 40.2 Å². The van der Waals surface area contributed by atoms with Crippen molar-refractivity contribution < 1.29 is 9.59 Å². The summed E-state index contributed by atoms with van der Waals surface area (Å²) in [5.41, 5.74) is 4.99. The number of hydrogen-bond acceptors (Lipinski definition) is 3. The van der Waals surface area contributed by atoms with Crippen LogP contribution in [-0.4, -0.2) is 53.8 Å². The minimum absolute atomic E-state index is 0.00247. The number of benzene rings is 2. The van der Waals surface area contributed by atoms with E-state index in [4.69, 9.17) is 0 Å². The molecule has 1 heterocycles. The second-order valence-electron chi connectivity index (χ2n) is 7.81. The molecule has 0 spiro atoms. The quantitative estimate of drug-likeness (QED) is 0.844. The molecule has 2 aromatic carbocycles. The van der Waals surface area contributed by atoms with Crippen LogP contribution in [0.2, 0.25) is 0 Å². The Morgan fingerprint density at radius 1 is 0.966 bits per heavy atom. The molecule has 0 radical (unpaired) electrons. The molecule has 1 unspecified atom stereocenters. The topological polar surface area (TPSA) is 52.7 Å². The molecule has 1 aliphatic rings. The van der Waals surface area contributed by atoms with Gasteiger partial charge in [-0.15, -0.1) is 0 Å². The highest BCUT2D eigenvalue weighted by molar-refractivity contribution is 5.96. The first-order valence-electron chi connectivity index (χ1n) is 10.4. The van der Waals surface area contributed by atoms with E-state index in [-0.39, 0.29) is 17.9 Å². The number of nitrogens with zero attached hydrogens (tertiary/aromatic N) is 2. The lowest BCUT2D eigenvalue weighted by atomic mass is 10.1. The summed E-state index contributed by atoms with van der Waals surface area (Å²) in [6, 6.07) is 13.6. The molecule has 1 atom stereocenters. The summed E-state index contributed by atoms with van der Waals surface area (Å²) < 4.78 is 0. The summed E-state index contributed by atoms with van der Waals surface area (Å²) in [7, 11) is 0. The lowest BCUT2D eigenvalue weighted by molar-refractivity contribution is -0.121. The fraction of sp³-hybridized carbons (Fsp3) is 0.417. The molecule has 1 aliphatic heterocycles. The highest BCUT2D eigenvalue weighted by atomic mass is 16.2. The summed E-state index contributed by atoms with van der Waals surface area (Å²) in [4.78, 5) is 29.6. The van der Waals surface area contributed by atoms with Crippen molar-refractivity contribution in [2.75, 3.05) is 31.5 Å². The van der Waals surface area contributed by atoms with Crippen LogP contribution in [0.3, 0.4) is 0 Å². The fourth-order valence-corrected chi connectivity index (χ4v) is 3.78. The smallest absolute Gasteiger partial charge is 0.253 e. The van der Waals surface area contributed by atoms with Gasteiger partial charge in [0.25, 0.3) is 5.91 Å². The van der Waals surface area contributed by atoms with Crippen LogP contribution in [0.4, 0.5) is 5.69 Å². The Kier molecular flexibility index (Phi) is 6.70. The number of amides is 2. The number of carbonyl (C=O) groups is 2. The van der Waals surface area contributed by atoms with Crippen molar-refractivity contribution in [3.8, 4) is 0 Å². The van der Waals surface area contributed by atoms with Crippen molar-refractivity contribution in [2.24, 2.45) is 0 Å². The summed E-state index contributed by atoms with van der Waals surface area (Å²) in [5.74, 6) is 0.0669. The molecule has 3 rings (SSSR count). The van der Waals surface area contributed by atoms with Crippen LogP contribution < -0.4 is 5.32 Å². The van der Waals surface area contributed by atoms with Gasteiger partial charge in [-0.1, -0.05) is 37.3 Å². The Bertz CT molecular complexity index is 848. The molecule has 2 amide bonds. The predicted molar refractivity (Wildman–Crippen MR) is 117 cm³/mol. The molecule has 154 valence electrons. The third kappa shape index (κ3) is 4.85. The highest BCUT2D eigenvalue weighted by Crippen LogP contribution is 2.20. The van der Waals surface area contributed by atoms with Crippen LogP contribution in [0.1, 0.15) is 40.9 Å². The number of aryl methyl sites for hydroxylation is 3. The van der Waals surface area contributed by atoms with Crippen molar-refractivity contribution >= 4 is 17.5 Å². The van der Waals surface area contributed by atoms with Gasteiger partial charge in [-0.25, -0.2) is 0 Å². The lowest BCUT2D eigenvalue weighted by Crippen LogP contribution is -2.54. The second kappa shape index (κ2) is 9.23. The molecule has 0 saturated carbocycles. The second-order valence-corrected chi connectivity index (χ2v) is 7.81. The molecule has 29 heavy (non-hydrogen) atoms. The van der Waals surface area contributed by atoms with Gasteiger partial charge in [-0.3, -0.25) is 14.5 Å². The largest absolute Gasteiger partial charge is 0.336 e. The fourth-order valence-electron chi connectivity index (χ4n) is 3.78. The van der Waals surface area contributed by atoms with Crippen molar-refractivity contribution in [3.63, 3.8) is 0 Å². The molecular formula is C24H31N3O2. The monoisotopic (exact) mass is 393 g/mol. The lowest BCUT2D eigenvalue weighted by Gasteiger charge is -2.37. The third-order valence-corrected chi connectivity index (χ3v) is 5.87. The molecule has 1 N–H and O–H groups in total. The number of carbonyl (C=O) groups excluding carboxylic acids is 2. The first-order valence-corrected chi connectivity index (χ1v) is 10.4. The number of anilines is 1. The van der Waals surface area contributed by atoms with Crippen molar-refractivity contribution in [1.82, 2.24) is 9.80 Å². The van der Waals surface area contributed by atoms with E-state index >= 15 is 0 Å². The first-order chi connectivity index (χ1) is 13.9. The van der Waals surface area contributed by atoms with Crippen molar-refractivity contribution in [3.05, 3.63) is 64.7 Å². The van der Waals surface area contributed by atoms with Crippen molar-refractivity contribution in [1.29, 1.82) is 0 Å². The summed E-state index contributed by atoms with van der Waals surface area (Å²) in [5, 5.41) is 3.09. The minimum Gasteiger partial charge on any atom is -0.336 e. The van der Waals surface area contributed by atoms with Gasteiger partial charge in [-0.2, -0.15) is 0 Å². The van der Waals surface area contributed by atoms with Crippen LogP contribution in [-0.2, 0) is 11.2 Å². The molecule has 1 fully saturated rings. The van der Waals surface area contributed by atoms with Gasteiger partial charge in [0.1, 0.15) is 0 Å². The maximum absolute atomic E-state index is 12.8. The van der Waals surface area contributed by atoms with E-state index in [9.17, 15) is 9.59 Å². The molecule has 5 nitrogen and oxygen atoms in total. The van der Waals surface area contributed by atoms with Crippen LogP contribution in [0.25, 0.3) is 0 Å². The van der Waals surface area contributed by atoms with Crippen LogP contribution in [0.5, 0.6) is 0 Å². The summed E-state index contributed by atoms with van der Waals surface area (Å²) in [6.07, 6.45) is 0.967. The zero-order valence-electron chi connectivity index (χ0n) is 17.9. The molecule has 0 aromatic heterocycles. The SMILES string of the molecule is CCc1ccc(C(=O)N2CCN(C(C)C(=O)Nc3c(C)cccc3C)CC2)cc1. The number of hydrogen-bond donors (Lipinski definition) is 1. The Balaban J connectivity index is 1.56. The van der Waals surface area contributed by atoms with E-state index in [0.717, 1.165) is 28.8 Å². The Morgan fingerprint density at radius 2 is 1.55 bits per heavy atom. The standard InChI is InChI=1S/C24H31N3O2/c1-5-20-9-11-21(12-10-20)24(29)27-15-13-26(14-16-27)19(4)23(28)25-22-17(2)7-6-8-18(22)3/h6-12,19H,5,13-16H2,1-4H3,(H,25,28). The normalized spacial score (nSPS) is 15.8. The summed E-state index contributed by atoms with van der Waals surface area (Å²) in [6.45, 7) is 10.7. The Morgan fingerprint density at radius 3 is 2.10 bits per heavy atom. The van der Waals surface area contributed by atoms with E-state index in [1.807, 2.05) is 68.1 Å². The van der Waals surface area contributed by atoms with Gasteiger partial charge >= 0.3 is 0 Å². The molecule has 0 bridgehead atoms. The van der Waals surface area contributed by atoms with Gasteiger partial charge in [-0.05, 0) is 56.0 Å². The molecule has 2 aromatic rings. The minimum atomic E-state index is -0.241. The average Bonchev–Trinajstić information content (AvgIpc) is 2.75.